The maximum atomic E-state index is 13.2. The van der Waals surface area contributed by atoms with Crippen molar-refractivity contribution in [3.05, 3.63) is 59.7 Å². The molecule has 0 fully saturated rings. The number of hydrogen-bond acceptors (Lipinski definition) is 5. The number of methoxy groups -OCH3 is 1. The summed E-state index contributed by atoms with van der Waals surface area (Å²) in [6.45, 7) is 3.65. The van der Waals surface area contributed by atoms with E-state index < -0.39 is 29.6 Å². The van der Waals surface area contributed by atoms with Gasteiger partial charge in [0.1, 0.15) is 18.2 Å². The van der Waals surface area contributed by atoms with E-state index in [0.717, 1.165) is 28.7 Å². The predicted octanol–water partition coefficient (Wildman–Crippen LogP) is 4.08. The smallest absolute Gasteiger partial charge is 0.408 e. The minimum atomic E-state index is -1.46. The molecule has 0 heterocycles. The minimum absolute atomic E-state index is 0.0997. The Morgan fingerprint density at radius 3 is 2.14 bits per heavy atom. The molecule has 3 N–H and O–H groups in total. The van der Waals surface area contributed by atoms with Crippen LogP contribution < -0.4 is 10.6 Å². The molecule has 2 unspecified atom stereocenters. The van der Waals surface area contributed by atoms with Crippen molar-refractivity contribution in [2.45, 2.75) is 57.0 Å². The van der Waals surface area contributed by atoms with Crippen LogP contribution in [0.25, 0.3) is 11.1 Å². The van der Waals surface area contributed by atoms with Crippen molar-refractivity contribution < 1.29 is 29.0 Å². The lowest BCUT2D eigenvalue weighted by molar-refractivity contribution is -0.143. The van der Waals surface area contributed by atoms with E-state index in [-0.39, 0.29) is 25.6 Å². The fourth-order valence-corrected chi connectivity index (χ4v) is 4.55. The molecule has 0 aromatic heterocycles. The van der Waals surface area contributed by atoms with E-state index in [0.29, 0.717) is 12.8 Å². The molecular weight excluding hydrogens is 448 g/mol. The summed E-state index contributed by atoms with van der Waals surface area (Å²) >= 11 is 0. The molecule has 0 saturated heterocycles. The Kier molecular flexibility index (Phi) is 8.87. The van der Waals surface area contributed by atoms with Crippen molar-refractivity contribution in [1.82, 2.24) is 10.6 Å². The van der Waals surface area contributed by atoms with Gasteiger partial charge in [0.25, 0.3) is 0 Å². The number of nitrogens with one attached hydrogen (secondary N) is 2. The van der Waals surface area contributed by atoms with Crippen LogP contribution in [0.1, 0.15) is 56.6 Å². The molecule has 2 aromatic rings. The third-order valence-corrected chi connectivity index (χ3v) is 6.56. The van der Waals surface area contributed by atoms with Crippen LogP contribution in [-0.4, -0.2) is 55.0 Å². The number of carbonyl (C=O) groups is 3. The van der Waals surface area contributed by atoms with Gasteiger partial charge in [0.15, 0.2) is 0 Å². The number of carboxylic acid groups (broad SMARTS) is 1. The Balaban J connectivity index is 1.72. The van der Waals surface area contributed by atoms with Gasteiger partial charge in [0, 0.05) is 13.0 Å². The molecule has 0 saturated carbocycles. The fraction of sp³-hybridized carbons (Fsp3) is 0.444. The molecule has 3 rings (SSSR count). The van der Waals surface area contributed by atoms with Crippen LogP contribution in [-0.2, 0) is 19.1 Å². The lowest BCUT2D eigenvalue weighted by Crippen LogP contribution is -2.63. The second-order valence-electron chi connectivity index (χ2n) is 8.83. The van der Waals surface area contributed by atoms with E-state index >= 15 is 0 Å². The third kappa shape index (κ3) is 5.82. The van der Waals surface area contributed by atoms with Crippen LogP contribution in [0.2, 0.25) is 0 Å². The number of ether oxygens (including phenoxy) is 2. The van der Waals surface area contributed by atoms with Crippen LogP contribution in [0.15, 0.2) is 48.5 Å². The number of fused-ring (bicyclic) bond motifs is 3. The SMILES string of the molecule is CCCCC(NC(=O)C(CC)(COC)NC(=O)OCC1c2ccccc2-c2ccccc21)C(=O)O. The summed E-state index contributed by atoms with van der Waals surface area (Å²) in [7, 11) is 1.42. The Morgan fingerprint density at radius 1 is 1.03 bits per heavy atom. The first kappa shape index (κ1) is 26.2. The summed E-state index contributed by atoms with van der Waals surface area (Å²) < 4.78 is 10.8. The molecule has 188 valence electrons. The van der Waals surface area contributed by atoms with Crippen molar-refractivity contribution >= 4 is 18.0 Å². The topological polar surface area (TPSA) is 114 Å². The molecule has 0 bridgehead atoms. The number of carboxylic acids is 1. The van der Waals surface area contributed by atoms with Gasteiger partial charge in [-0.2, -0.15) is 0 Å². The number of rotatable bonds is 12. The number of aliphatic carboxylic acids is 1. The van der Waals surface area contributed by atoms with Gasteiger partial charge in [-0.05, 0) is 35.1 Å². The number of alkyl carbamates (subject to hydrolysis) is 1. The highest BCUT2D eigenvalue weighted by Crippen LogP contribution is 2.44. The normalized spacial score (nSPS) is 14.8. The van der Waals surface area contributed by atoms with E-state index in [9.17, 15) is 19.5 Å². The summed E-state index contributed by atoms with van der Waals surface area (Å²) in [5.41, 5.74) is 2.93. The Hall–Kier alpha value is -3.39. The number of hydrogen-bond donors (Lipinski definition) is 3. The Bertz CT molecular complexity index is 1010. The largest absolute Gasteiger partial charge is 0.480 e. The summed E-state index contributed by atoms with van der Waals surface area (Å²) in [6, 6.07) is 15.0. The van der Waals surface area contributed by atoms with Crippen molar-refractivity contribution in [1.29, 1.82) is 0 Å². The highest BCUT2D eigenvalue weighted by Gasteiger charge is 2.41. The van der Waals surface area contributed by atoms with Crippen LogP contribution >= 0.6 is 0 Å². The maximum absolute atomic E-state index is 13.2. The van der Waals surface area contributed by atoms with Gasteiger partial charge < -0.3 is 25.2 Å². The molecule has 0 aliphatic heterocycles. The number of unbranched alkanes of at least 4 members (excludes halogenated alkanes) is 1. The van der Waals surface area contributed by atoms with Crippen LogP contribution in [0.4, 0.5) is 4.79 Å². The number of benzene rings is 2. The molecular formula is C27H34N2O6. The van der Waals surface area contributed by atoms with Gasteiger partial charge >= 0.3 is 12.1 Å². The van der Waals surface area contributed by atoms with Crippen molar-refractivity contribution in [3.63, 3.8) is 0 Å². The van der Waals surface area contributed by atoms with E-state index in [1.165, 1.54) is 7.11 Å². The average Bonchev–Trinajstić information content (AvgIpc) is 3.18. The zero-order chi connectivity index (χ0) is 25.4. The van der Waals surface area contributed by atoms with E-state index in [1.807, 2.05) is 43.3 Å². The molecule has 8 heteroatoms. The molecule has 1 aliphatic carbocycles. The zero-order valence-corrected chi connectivity index (χ0v) is 20.5. The fourth-order valence-electron chi connectivity index (χ4n) is 4.55. The second kappa shape index (κ2) is 11.8. The molecule has 2 atom stereocenters. The van der Waals surface area contributed by atoms with Gasteiger partial charge in [-0.15, -0.1) is 0 Å². The Labute approximate surface area is 206 Å². The molecule has 8 nitrogen and oxygen atoms in total. The van der Waals surface area contributed by atoms with Crippen molar-refractivity contribution in [3.8, 4) is 11.1 Å². The van der Waals surface area contributed by atoms with Gasteiger partial charge in [-0.3, -0.25) is 4.79 Å². The van der Waals surface area contributed by atoms with Gasteiger partial charge in [-0.25, -0.2) is 9.59 Å². The van der Waals surface area contributed by atoms with Crippen molar-refractivity contribution in [2.24, 2.45) is 0 Å². The van der Waals surface area contributed by atoms with Gasteiger partial charge in [0.2, 0.25) is 5.91 Å². The lowest BCUT2D eigenvalue weighted by Gasteiger charge is -2.32. The lowest BCUT2D eigenvalue weighted by atomic mass is 9.95. The predicted molar refractivity (Wildman–Crippen MR) is 132 cm³/mol. The first-order valence-electron chi connectivity index (χ1n) is 12.0. The van der Waals surface area contributed by atoms with E-state index in [2.05, 4.69) is 22.8 Å². The maximum Gasteiger partial charge on any atom is 0.408 e. The first-order chi connectivity index (χ1) is 16.9. The minimum Gasteiger partial charge on any atom is -0.480 e. The highest BCUT2D eigenvalue weighted by molar-refractivity contribution is 5.93. The van der Waals surface area contributed by atoms with Crippen molar-refractivity contribution in [2.75, 3.05) is 20.3 Å². The standard InChI is InChI=1S/C27H34N2O6/c1-4-6-15-23(24(30)31)28-25(32)27(5-2,17-34-3)29-26(33)35-16-22-20-13-9-7-11-18(20)19-12-8-10-14-21(19)22/h7-14,22-23H,4-6,15-17H2,1-3H3,(H,28,32)(H,29,33)(H,30,31). The average molecular weight is 483 g/mol. The zero-order valence-electron chi connectivity index (χ0n) is 20.5. The molecule has 2 aromatic carbocycles. The Morgan fingerprint density at radius 2 is 1.63 bits per heavy atom. The molecule has 1 aliphatic rings. The monoisotopic (exact) mass is 482 g/mol. The third-order valence-electron chi connectivity index (χ3n) is 6.56. The molecule has 0 radical (unpaired) electrons. The quantitative estimate of drug-likeness (QED) is 0.420. The van der Waals surface area contributed by atoms with Crippen LogP contribution in [0.5, 0.6) is 0 Å². The number of amides is 2. The molecule has 0 spiro atoms. The number of carbonyl (C=O) groups excluding carboxylic acids is 2. The van der Waals surface area contributed by atoms with E-state index in [1.54, 1.807) is 6.92 Å². The van der Waals surface area contributed by atoms with Gasteiger partial charge in [0.05, 0.1) is 6.61 Å². The summed E-state index contributed by atoms with van der Waals surface area (Å²) in [6.07, 6.45) is 1.18. The summed E-state index contributed by atoms with van der Waals surface area (Å²) in [5.74, 6) is -1.85. The molecule has 35 heavy (non-hydrogen) atoms. The van der Waals surface area contributed by atoms with Gasteiger partial charge in [-0.1, -0.05) is 75.2 Å². The van der Waals surface area contributed by atoms with E-state index in [4.69, 9.17) is 9.47 Å². The van der Waals surface area contributed by atoms with Crippen LogP contribution in [0.3, 0.4) is 0 Å². The highest BCUT2D eigenvalue weighted by atomic mass is 16.5. The second-order valence-corrected chi connectivity index (χ2v) is 8.83. The molecule has 2 amide bonds. The van der Waals surface area contributed by atoms with Crippen LogP contribution in [0, 0.1) is 0 Å². The summed E-state index contributed by atoms with van der Waals surface area (Å²) in [5, 5.41) is 14.7. The first-order valence-corrected chi connectivity index (χ1v) is 12.0. The summed E-state index contributed by atoms with van der Waals surface area (Å²) in [4.78, 5) is 37.7.